The highest BCUT2D eigenvalue weighted by molar-refractivity contribution is 9.10. The number of halogens is 1. The maximum atomic E-state index is 6.14. The van der Waals surface area contributed by atoms with Crippen LogP contribution < -0.4 is 5.73 Å². The van der Waals surface area contributed by atoms with E-state index in [0.717, 1.165) is 17.8 Å². The maximum Gasteiger partial charge on any atom is 0.133 e. The van der Waals surface area contributed by atoms with Crippen LogP contribution in [0.2, 0.25) is 0 Å². The van der Waals surface area contributed by atoms with Gasteiger partial charge in [0.2, 0.25) is 0 Å². The van der Waals surface area contributed by atoms with Crippen LogP contribution in [-0.2, 0) is 6.42 Å². The van der Waals surface area contributed by atoms with Gasteiger partial charge in [-0.15, -0.1) is 22.7 Å². The summed E-state index contributed by atoms with van der Waals surface area (Å²) in [5, 5.41) is 1.13. The number of fused-ring (bicyclic) bond motifs is 1. The van der Waals surface area contributed by atoms with Crippen LogP contribution in [0, 0.1) is 6.92 Å². The molecule has 0 radical (unpaired) electrons. The molecule has 2 N–H and O–H groups in total. The standard InChI is InChI=1S/C12H13BrN2S2/c1-6-7(13)5-10(16-6)12-15-9-4-2-3-8(14)11(9)17-12/h5,8H,2-4,14H2,1H3. The Labute approximate surface area is 117 Å². The van der Waals surface area contributed by atoms with Crippen molar-refractivity contribution in [3.8, 4) is 9.88 Å². The molecule has 1 unspecified atom stereocenters. The average Bonchev–Trinajstić information content (AvgIpc) is 2.85. The van der Waals surface area contributed by atoms with Gasteiger partial charge < -0.3 is 5.73 Å². The van der Waals surface area contributed by atoms with Crippen molar-refractivity contribution >= 4 is 38.6 Å². The Hall–Kier alpha value is -0.230. The number of aryl methyl sites for hydroxylation is 2. The fourth-order valence-corrected chi connectivity index (χ4v) is 4.85. The van der Waals surface area contributed by atoms with Crippen LogP contribution in [0.15, 0.2) is 10.5 Å². The molecule has 1 aliphatic carbocycles. The zero-order valence-electron chi connectivity index (χ0n) is 9.50. The van der Waals surface area contributed by atoms with E-state index in [4.69, 9.17) is 10.7 Å². The van der Waals surface area contributed by atoms with Gasteiger partial charge in [0.05, 0.1) is 10.6 Å². The molecule has 0 spiro atoms. The predicted octanol–water partition coefficient (Wildman–Crippen LogP) is 4.28. The second kappa shape index (κ2) is 4.46. The summed E-state index contributed by atoms with van der Waals surface area (Å²) < 4.78 is 1.18. The lowest BCUT2D eigenvalue weighted by atomic mass is 9.99. The third-order valence-corrected chi connectivity index (χ3v) is 6.60. The second-order valence-corrected chi connectivity index (χ2v) is 7.48. The first-order valence-corrected chi connectivity index (χ1v) is 8.09. The number of thiazole rings is 1. The van der Waals surface area contributed by atoms with E-state index < -0.39 is 0 Å². The molecule has 2 aromatic heterocycles. The van der Waals surface area contributed by atoms with Gasteiger partial charge in [-0.25, -0.2) is 4.98 Å². The van der Waals surface area contributed by atoms with Gasteiger partial charge in [0.25, 0.3) is 0 Å². The van der Waals surface area contributed by atoms with E-state index in [1.165, 1.54) is 31.2 Å². The van der Waals surface area contributed by atoms with Crippen LogP contribution in [-0.4, -0.2) is 4.98 Å². The van der Waals surface area contributed by atoms with E-state index in [2.05, 4.69) is 28.9 Å². The minimum absolute atomic E-state index is 0.203. The molecule has 0 fully saturated rings. The van der Waals surface area contributed by atoms with Gasteiger partial charge in [-0.05, 0) is 48.2 Å². The number of rotatable bonds is 1. The summed E-state index contributed by atoms with van der Waals surface area (Å²) in [4.78, 5) is 8.61. The van der Waals surface area contributed by atoms with Crippen LogP contribution in [0.25, 0.3) is 9.88 Å². The molecule has 1 atom stereocenters. The molecule has 0 bridgehead atoms. The molecule has 90 valence electrons. The van der Waals surface area contributed by atoms with Gasteiger partial charge in [-0.1, -0.05) is 0 Å². The zero-order chi connectivity index (χ0) is 12.0. The van der Waals surface area contributed by atoms with E-state index in [1.807, 2.05) is 0 Å². The van der Waals surface area contributed by atoms with Crippen LogP contribution in [0.1, 0.15) is 34.3 Å². The van der Waals surface area contributed by atoms with E-state index >= 15 is 0 Å². The largest absolute Gasteiger partial charge is 0.323 e. The van der Waals surface area contributed by atoms with Crippen molar-refractivity contribution in [2.75, 3.05) is 0 Å². The number of hydrogen-bond acceptors (Lipinski definition) is 4. The topological polar surface area (TPSA) is 38.9 Å². The first-order valence-electron chi connectivity index (χ1n) is 5.66. The number of nitrogens with zero attached hydrogens (tertiary/aromatic N) is 1. The van der Waals surface area contributed by atoms with E-state index in [9.17, 15) is 0 Å². The molecular formula is C12H13BrN2S2. The van der Waals surface area contributed by atoms with Crippen LogP contribution in [0.4, 0.5) is 0 Å². The van der Waals surface area contributed by atoms with E-state index in [-0.39, 0.29) is 6.04 Å². The molecule has 2 nitrogen and oxygen atoms in total. The quantitative estimate of drug-likeness (QED) is 0.848. The minimum Gasteiger partial charge on any atom is -0.323 e. The van der Waals surface area contributed by atoms with Crippen molar-refractivity contribution in [3.63, 3.8) is 0 Å². The molecule has 0 aromatic carbocycles. The Morgan fingerprint density at radius 3 is 2.94 bits per heavy atom. The van der Waals surface area contributed by atoms with Gasteiger partial charge in [0.15, 0.2) is 0 Å². The summed E-state index contributed by atoms with van der Waals surface area (Å²) in [5.74, 6) is 0. The summed E-state index contributed by atoms with van der Waals surface area (Å²) in [6.07, 6.45) is 3.36. The highest BCUT2D eigenvalue weighted by Gasteiger charge is 2.22. The molecule has 0 aliphatic heterocycles. The summed E-state index contributed by atoms with van der Waals surface area (Å²) in [5.41, 5.74) is 7.37. The van der Waals surface area contributed by atoms with Crippen molar-refractivity contribution in [1.82, 2.24) is 4.98 Å². The second-order valence-electron chi connectivity index (χ2n) is 4.34. The van der Waals surface area contributed by atoms with Gasteiger partial charge in [0.1, 0.15) is 5.01 Å². The molecule has 3 rings (SSSR count). The Morgan fingerprint density at radius 1 is 1.47 bits per heavy atom. The number of aromatic nitrogens is 1. The fraction of sp³-hybridized carbons (Fsp3) is 0.417. The SMILES string of the molecule is Cc1sc(-c2nc3c(s2)C(N)CCC3)cc1Br. The Balaban J connectivity index is 2.04. The van der Waals surface area contributed by atoms with Crippen molar-refractivity contribution < 1.29 is 0 Å². The van der Waals surface area contributed by atoms with Crippen LogP contribution >= 0.6 is 38.6 Å². The first kappa shape index (κ1) is 11.8. The smallest absolute Gasteiger partial charge is 0.133 e. The number of thiophene rings is 1. The zero-order valence-corrected chi connectivity index (χ0v) is 12.7. The van der Waals surface area contributed by atoms with Crippen molar-refractivity contribution in [3.05, 3.63) is 26.0 Å². The normalized spacial score (nSPS) is 19.4. The molecule has 0 saturated heterocycles. The van der Waals surface area contributed by atoms with Gasteiger partial charge in [0, 0.05) is 20.3 Å². The van der Waals surface area contributed by atoms with Crippen LogP contribution in [0.3, 0.4) is 0 Å². The minimum atomic E-state index is 0.203. The summed E-state index contributed by atoms with van der Waals surface area (Å²) in [6.45, 7) is 2.12. The monoisotopic (exact) mass is 328 g/mol. The number of hydrogen-bond donors (Lipinski definition) is 1. The lowest BCUT2D eigenvalue weighted by Crippen LogP contribution is -2.15. The predicted molar refractivity (Wildman–Crippen MR) is 77.7 cm³/mol. The third-order valence-electron chi connectivity index (χ3n) is 3.06. The average molecular weight is 329 g/mol. The summed E-state index contributed by atoms with van der Waals surface area (Å²) in [7, 11) is 0. The highest BCUT2D eigenvalue weighted by Crippen LogP contribution is 2.40. The molecule has 0 amide bonds. The molecule has 1 aliphatic rings. The van der Waals surface area contributed by atoms with Crippen molar-refractivity contribution in [2.45, 2.75) is 32.2 Å². The Morgan fingerprint density at radius 2 is 2.29 bits per heavy atom. The van der Waals surface area contributed by atoms with Gasteiger partial charge in [-0.2, -0.15) is 0 Å². The van der Waals surface area contributed by atoms with E-state index in [1.54, 1.807) is 22.7 Å². The first-order chi connectivity index (χ1) is 8.15. The summed E-state index contributed by atoms with van der Waals surface area (Å²) >= 11 is 7.12. The lowest BCUT2D eigenvalue weighted by molar-refractivity contribution is 0.573. The Kier molecular flexibility index (Phi) is 3.11. The highest BCUT2D eigenvalue weighted by atomic mass is 79.9. The molecular weight excluding hydrogens is 316 g/mol. The van der Waals surface area contributed by atoms with Gasteiger partial charge in [-0.3, -0.25) is 0 Å². The van der Waals surface area contributed by atoms with Crippen LogP contribution in [0.5, 0.6) is 0 Å². The third kappa shape index (κ3) is 2.10. The molecule has 17 heavy (non-hydrogen) atoms. The van der Waals surface area contributed by atoms with Crippen molar-refractivity contribution in [1.29, 1.82) is 0 Å². The maximum absolute atomic E-state index is 6.14. The van der Waals surface area contributed by atoms with E-state index in [0.29, 0.717) is 0 Å². The Bertz CT molecular complexity index is 539. The number of nitrogens with two attached hydrogens (primary N) is 1. The molecule has 2 aromatic rings. The molecule has 2 heterocycles. The van der Waals surface area contributed by atoms with Gasteiger partial charge >= 0.3 is 0 Å². The lowest BCUT2D eigenvalue weighted by Gasteiger charge is -2.15. The fourth-order valence-electron chi connectivity index (χ4n) is 2.12. The summed E-state index contributed by atoms with van der Waals surface area (Å²) in [6, 6.07) is 2.37. The molecule has 5 heteroatoms. The molecule has 0 saturated carbocycles. The van der Waals surface area contributed by atoms with Crippen molar-refractivity contribution in [2.24, 2.45) is 5.73 Å².